The Balaban J connectivity index is 2.01. The van der Waals surface area contributed by atoms with Crippen molar-refractivity contribution in [2.75, 3.05) is 19.8 Å². The molecule has 5 nitrogen and oxygen atoms in total. The van der Waals surface area contributed by atoms with E-state index in [0.29, 0.717) is 26.3 Å². The highest BCUT2D eigenvalue weighted by Crippen LogP contribution is 2.13. The van der Waals surface area contributed by atoms with Gasteiger partial charge in [-0.2, -0.15) is 0 Å². The van der Waals surface area contributed by atoms with Crippen molar-refractivity contribution in [2.45, 2.75) is 45.7 Å². The van der Waals surface area contributed by atoms with Gasteiger partial charge in [-0.25, -0.2) is 4.98 Å². The maximum Gasteiger partial charge on any atom is 0.242 e. The summed E-state index contributed by atoms with van der Waals surface area (Å²) in [5.74, 6) is 1.14. The van der Waals surface area contributed by atoms with Gasteiger partial charge in [0, 0.05) is 25.4 Å². The standard InChI is InChI=1S/C14H23N3O2/c1-3-5-12-11-19-9-8-17(12)14(18)10-16-7-6-15-13(16)4-2/h6-7,12H,3-5,8-11H2,1-2H3. The molecule has 1 fully saturated rings. The van der Waals surface area contributed by atoms with Crippen LogP contribution < -0.4 is 0 Å². The first kappa shape index (κ1) is 14.1. The maximum absolute atomic E-state index is 12.4. The Morgan fingerprint density at radius 2 is 2.37 bits per heavy atom. The largest absolute Gasteiger partial charge is 0.377 e. The van der Waals surface area contributed by atoms with E-state index in [2.05, 4.69) is 18.8 Å². The van der Waals surface area contributed by atoms with Gasteiger partial charge in [0.15, 0.2) is 0 Å². The maximum atomic E-state index is 12.4. The Hall–Kier alpha value is -1.36. The van der Waals surface area contributed by atoms with Gasteiger partial charge in [0.05, 0.1) is 19.3 Å². The number of ether oxygens (including phenoxy) is 1. The van der Waals surface area contributed by atoms with Crippen LogP contribution in [0.1, 0.15) is 32.5 Å². The van der Waals surface area contributed by atoms with E-state index in [4.69, 9.17) is 4.74 Å². The third-order valence-corrected chi connectivity index (χ3v) is 3.59. The van der Waals surface area contributed by atoms with Crippen molar-refractivity contribution < 1.29 is 9.53 Å². The van der Waals surface area contributed by atoms with E-state index in [1.807, 2.05) is 15.7 Å². The lowest BCUT2D eigenvalue weighted by Gasteiger charge is -2.35. The lowest BCUT2D eigenvalue weighted by atomic mass is 10.1. The first-order valence-electron chi connectivity index (χ1n) is 7.13. The van der Waals surface area contributed by atoms with Crippen molar-refractivity contribution >= 4 is 5.91 Å². The van der Waals surface area contributed by atoms with Crippen molar-refractivity contribution in [3.05, 3.63) is 18.2 Å². The van der Waals surface area contributed by atoms with Crippen molar-refractivity contribution in [2.24, 2.45) is 0 Å². The summed E-state index contributed by atoms with van der Waals surface area (Å²) < 4.78 is 7.43. The Labute approximate surface area is 114 Å². The molecule has 0 aromatic carbocycles. The molecule has 2 heterocycles. The minimum absolute atomic E-state index is 0.175. The van der Waals surface area contributed by atoms with Gasteiger partial charge in [0.25, 0.3) is 0 Å². The summed E-state index contributed by atoms with van der Waals surface area (Å²) >= 11 is 0. The lowest BCUT2D eigenvalue weighted by Crippen LogP contribution is -2.49. The third-order valence-electron chi connectivity index (χ3n) is 3.59. The molecule has 0 bridgehead atoms. The number of morpholine rings is 1. The lowest BCUT2D eigenvalue weighted by molar-refractivity contribution is -0.140. The SMILES string of the molecule is CCCC1COCCN1C(=O)Cn1ccnc1CC. The summed E-state index contributed by atoms with van der Waals surface area (Å²) in [6.45, 7) is 6.62. The van der Waals surface area contributed by atoms with Gasteiger partial charge in [-0.3, -0.25) is 4.79 Å². The number of hydrogen-bond acceptors (Lipinski definition) is 3. The van der Waals surface area contributed by atoms with Crippen LogP contribution in [0.4, 0.5) is 0 Å². The molecule has 1 amide bonds. The van der Waals surface area contributed by atoms with Gasteiger partial charge in [0.1, 0.15) is 12.4 Å². The molecule has 1 aliphatic rings. The number of carbonyl (C=O) groups excluding carboxylic acids is 1. The molecule has 19 heavy (non-hydrogen) atoms. The molecule has 5 heteroatoms. The van der Waals surface area contributed by atoms with Gasteiger partial charge in [-0.15, -0.1) is 0 Å². The predicted molar refractivity (Wildman–Crippen MR) is 72.8 cm³/mol. The van der Waals surface area contributed by atoms with Crippen LogP contribution in [-0.2, 0) is 22.5 Å². The van der Waals surface area contributed by atoms with E-state index in [9.17, 15) is 4.79 Å². The molecule has 1 aromatic rings. The zero-order valence-electron chi connectivity index (χ0n) is 11.8. The van der Waals surface area contributed by atoms with Crippen LogP contribution >= 0.6 is 0 Å². The van der Waals surface area contributed by atoms with Gasteiger partial charge in [-0.05, 0) is 6.42 Å². The van der Waals surface area contributed by atoms with Crippen LogP contribution in [0.3, 0.4) is 0 Å². The molecule has 1 atom stereocenters. The van der Waals surface area contributed by atoms with Crippen molar-refractivity contribution in [1.82, 2.24) is 14.5 Å². The van der Waals surface area contributed by atoms with Crippen molar-refractivity contribution in [3.8, 4) is 0 Å². The van der Waals surface area contributed by atoms with Gasteiger partial charge in [0.2, 0.25) is 5.91 Å². The molecular formula is C14H23N3O2. The Morgan fingerprint density at radius 3 is 3.11 bits per heavy atom. The third kappa shape index (κ3) is 3.35. The smallest absolute Gasteiger partial charge is 0.242 e. The van der Waals surface area contributed by atoms with Crippen LogP contribution in [0.15, 0.2) is 12.4 Å². The zero-order valence-corrected chi connectivity index (χ0v) is 11.8. The summed E-state index contributed by atoms with van der Waals surface area (Å²) in [6.07, 6.45) is 6.57. The highest BCUT2D eigenvalue weighted by molar-refractivity contribution is 5.76. The predicted octanol–water partition coefficient (Wildman–Crippen LogP) is 1.47. The van der Waals surface area contributed by atoms with Crippen LogP contribution in [0.5, 0.6) is 0 Å². The highest BCUT2D eigenvalue weighted by Gasteiger charge is 2.26. The van der Waals surface area contributed by atoms with Crippen molar-refractivity contribution in [1.29, 1.82) is 0 Å². The van der Waals surface area contributed by atoms with Gasteiger partial charge >= 0.3 is 0 Å². The summed E-state index contributed by atoms with van der Waals surface area (Å²) in [6, 6.07) is 0.236. The minimum Gasteiger partial charge on any atom is -0.377 e. The number of aromatic nitrogens is 2. The summed E-state index contributed by atoms with van der Waals surface area (Å²) in [5, 5.41) is 0. The summed E-state index contributed by atoms with van der Waals surface area (Å²) in [4.78, 5) is 18.7. The minimum atomic E-state index is 0.175. The van der Waals surface area contributed by atoms with Crippen LogP contribution in [0.2, 0.25) is 0 Å². The van der Waals surface area contributed by atoms with Crippen LogP contribution in [-0.4, -0.2) is 46.2 Å². The molecule has 0 N–H and O–H groups in total. The second-order valence-corrected chi connectivity index (χ2v) is 4.93. The molecule has 0 spiro atoms. The van der Waals surface area contributed by atoms with Crippen LogP contribution in [0.25, 0.3) is 0 Å². The quantitative estimate of drug-likeness (QED) is 0.810. The van der Waals surface area contributed by atoms with E-state index in [1.165, 1.54) is 0 Å². The molecule has 1 saturated heterocycles. The fourth-order valence-electron chi connectivity index (χ4n) is 2.59. The fourth-order valence-corrected chi connectivity index (χ4v) is 2.59. The summed E-state index contributed by atoms with van der Waals surface area (Å²) in [7, 11) is 0. The van der Waals surface area contributed by atoms with E-state index in [1.54, 1.807) is 6.20 Å². The topological polar surface area (TPSA) is 47.4 Å². The van der Waals surface area contributed by atoms with Crippen molar-refractivity contribution in [3.63, 3.8) is 0 Å². The molecule has 1 aromatic heterocycles. The molecule has 2 rings (SSSR count). The van der Waals surface area contributed by atoms with E-state index < -0.39 is 0 Å². The summed E-state index contributed by atoms with van der Waals surface area (Å²) in [5.41, 5.74) is 0. The fraction of sp³-hybridized carbons (Fsp3) is 0.714. The van der Waals surface area contributed by atoms with Gasteiger partial charge < -0.3 is 14.2 Å². The number of rotatable bonds is 5. The monoisotopic (exact) mass is 265 g/mol. The second-order valence-electron chi connectivity index (χ2n) is 4.93. The number of imidazole rings is 1. The number of aryl methyl sites for hydroxylation is 1. The number of amides is 1. The van der Waals surface area contributed by atoms with E-state index >= 15 is 0 Å². The molecule has 1 unspecified atom stereocenters. The number of hydrogen-bond donors (Lipinski definition) is 0. The highest BCUT2D eigenvalue weighted by atomic mass is 16.5. The number of carbonyl (C=O) groups is 1. The van der Waals surface area contributed by atoms with E-state index in [-0.39, 0.29) is 11.9 Å². The average Bonchev–Trinajstić information content (AvgIpc) is 2.87. The molecule has 1 aliphatic heterocycles. The molecule has 106 valence electrons. The Kier molecular flexibility index (Phi) is 4.96. The molecule has 0 aliphatic carbocycles. The Bertz CT molecular complexity index is 415. The van der Waals surface area contributed by atoms with E-state index in [0.717, 1.165) is 25.1 Å². The Morgan fingerprint density at radius 1 is 1.53 bits per heavy atom. The zero-order chi connectivity index (χ0) is 13.7. The van der Waals surface area contributed by atoms with Gasteiger partial charge in [-0.1, -0.05) is 20.3 Å². The first-order valence-corrected chi connectivity index (χ1v) is 7.13. The average molecular weight is 265 g/mol. The second kappa shape index (κ2) is 6.70. The molecular weight excluding hydrogens is 242 g/mol. The molecule has 0 saturated carbocycles. The first-order chi connectivity index (χ1) is 9.26. The number of nitrogens with zero attached hydrogens (tertiary/aromatic N) is 3. The molecule has 0 radical (unpaired) electrons. The normalized spacial score (nSPS) is 19.7. The van der Waals surface area contributed by atoms with Crippen LogP contribution in [0, 0.1) is 0 Å².